The zero-order valence-electron chi connectivity index (χ0n) is 9.00. The number of carbonyl (C=O) groups excluding carboxylic acids is 1. The quantitative estimate of drug-likeness (QED) is 0.769. The number of benzene rings is 1. The summed E-state index contributed by atoms with van der Waals surface area (Å²) < 4.78 is 5.06. The summed E-state index contributed by atoms with van der Waals surface area (Å²) in [4.78, 5) is 11.3. The summed E-state index contributed by atoms with van der Waals surface area (Å²) in [6.07, 6.45) is 1.31. The minimum Gasteiger partial charge on any atom is -0.497 e. The van der Waals surface area contributed by atoms with Gasteiger partial charge in [0.25, 0.3) is 0 Å². The number of ketones is 1. The number of methoxy groups -OCH3 is 1. The maximum absolute atomic E-state index is 11.4. The van der Waals surface area contributed by atoms with Gasteiger partial charge in [0.15, 0.2) is 0 Å². The SMILES string of the molecule is CCC(=O)C(Br)Cc1ccc(OC)cc1. The summed E-state index contributed by atoms with van der Waals surface area (Å²) in [5.74, 6) is 1.08. The van der Waals surface area contributed by atoms with E-state index >= 15 is 0 Å². The van der Waals surface area contributed by atoms with E-state index in [0.29, 0.717) is 6.42 Å². The lowest BCUT2D eigenvalue weighted by Gasteiger charge is -2.08. The summed E-state index contributed by atoms with van der Waals surface area (Å²) >= 11 is 3.39. The van der Waals surface area contributed by atoms with E-state index in [2.05, 4.69) is 15.9 Å². The van der Waals surface area contributed by atoms with Crippen molar-refractivity contribution in [2.24, 2.45) is 0 Å². The maximum Gasteiger partial charge on any atom is 0.146 e. The lowest BCUT2D eigenvalue weighted by molar-refractivity contribution is -0.118. The molecule has 3 heteroatoms. The van der Waals surface area contributed by atoms with Crippen molar-refractivity contribution in [3.63, 3.8) is 0 Å². The van der Waals surface area contributed by atoms with Crippen LogP contribution in [0.4, 0.5) is 0 Å². The van der Waals surface area contributed by atoms with Crippen molar-refractivity contribution < 1.29 is 9.53 Å². The van der Waals surface area contributed by atoms with Gasteiger partial charge in [-0.2, -0.15) is 0 Å². The second-order valence-electron chi connectivity index (χ2n) is 3.34. The molecular weight excluding hydrogens is 256 g/mol. The number of rotatable bonds is 5. The zero-order chi connectivity index (χ0) is 11.3. The number of ether oxygens (including phenoxy) is 1. The molecule has 0 bridgehead atoms. The first-order valence-corrected chi connectivity index (χ1v) is 5.88. The van der Waals surface area contributed by atoms with Crippen LogP contribution in [-0.2, 0) is 11.2 Å². The van der Waals surface area contributed by atoms with Crippen molar-refractivity contribution in [2.75, 3.05) is 7.11 Å². The number of hydrogen-bond donors (Lipinski definition) is 0. The van der Waals surface area contributed by atoms with Crippen LogP contribution in [-0.4, -0.2) is 17.7 Å². The van der Waals surface area contributed by atoms with Crippen LogP contribution in [0.2, 0.25) is 0 Å². The lowest BCUT2D eigenvalue weighted by Crippen LogP contribution is -2.15. The van der Waals surface area contributed by atoms with Crippen LogP contribution in [0.3, 0.4) is 0 Å². The van der Waals surface area contributed by atoms with Crippen molar-refractivity contribution >= 4 is 21.7 Å². The Morgan fingerprint density at radius 1 is 1.40 bits per heavy atom. The van der Waals surface area contributed by atoms with Crippen LogP contribution in [0, 0.1) is 0 Å². The molecule has 0 fully saturated rings. The molecule has 0 spiro atoms. The third-order valence-corrected chi connectivity index (χ3v) is 3.11. The molecule has 0 saturated heterocycles. The second kappa shape index (κ2) is 5.91. The number of alkyl halides is 1. The lowest BCUT2D eigenvalue weighted by atomic mass is 10.1. The fourth-order valence-electron chi connectivity index (χ4n) is 1.30. The van der Waals surface area contributed by atoms with Gasteiger partial charge in [-0.25, -0.2) is 0 Å². The van der Waals surface area contributed by atoms with E-state index in [-0.39, 0.29) is 10.6 Å². The van der Waals surface area contributed by atoms with Crippen molar-refractivity contribution in [1.82, 2.24) is 0 Å². The standard InChI is InChI=1S/C12H15BrO2/c1-3-12(14)11(13)8-9-4-6-10(15-2)7-5-9/h4-7,11H,3,8H2,1-2H3. The normalized spacial score (nSPS) is 12.2. The predicted molar refractivity (Wildman–Crippen MR) is 64.7 cm³/mol. The molecule has 0 aromatic heterocycles. The first-order chi connectivity index (χ1) is 7.17. The van der Waals surface area contributed by atoms with E-state index in [0.717, 1.165) is 17.7 Å². The number of hydrogen-bond acceptors (Lipinski definition) is 2. The van der Waals surface area contributed by atoms with Crippen LogP contribution in [0.5, 0.6) is 5.75 Å². The minimum atomic E-state index is -0.0732. The van der Waals surface area contributed by atoms with Crippen LogP contribution in [0.15, 0.2) is 24.3 Å². The number of carbonyl (C=O) groups is 1. The largest absolute Gasteiger partial charge is 0.497 e. The van der Waals surface area contributed by atoms with E-state index in [1.54, 1.807) is 7.11 Å². The summed E-state index contributed by atoms with van der Waals surface area (Å²) in [5.41, 5.74) is 1.14. The van der Waals surface area contributed by atoms with E-state index in [4.69, 9.17) is 4.74 Å². The van der Waals surface area contributed by atoms with Crippen molar-refractivity contribution in [2.45, 2.75) is 24.6 Å². The summed E-state index contributed by atoms with van der Waals surface area (Å²) in [5, 5.41) is 0. The fourth-order valence-corrected chi connectivity index (χ4v) is 2.00. The smallest absolute Gasteiger partial charge is 0.146 e. The first kappa shape index (κ1) is 12.2. The Balaban J connectivity index is 2.60. The Labute approximate surface area is 98.8 Å². The van der Waals surface area contributed by atoms with Crippen LogP contribution < -0.4 is 4.74 Å². The van der Waals surface area contributed by atoms with E-state index in [1.807, 2.05) is 31.2 Å². The van der Waals surface area contributed by atoms with E-state index < -0.39 is 0 Å². The minimum absolute atomic E-state index is 0.0732. The summed E-state index contributed by atoms with van der Waals surface area (Å²) in [6.45, 7) is 1.88. The molecule has 2 nitrogen and oxygen atoms in total. The van der Waals surface area contributed by atoms with Gasteiger partial charge in [-0.1, -0.05) is 35.0 Å². The van der Waals surface area contributed by atoms with Crippen molar-refractivity contribution in [3.05, 3.63) is 29.8 Å². The fraction of sp³-hybridized carbons (Fsp3) is 0.417. The Morgan fingerprint density at radius 3 is 2.47 bits per heavy atom. The Hall–Kier alpha value is -0.830. The Kier molecular flexibility index (Phi) is 4.82. The summed E-state index contributed by atoms with van der Waals surface area (Å²) in [7, 11) is 1.64. The molecule has 0 saturated carbocycles. The zero-order valence-corrected chi connectivity index (χ0v) is 10.6. The number of Topliss-reactive ketones (excluding diaryl/α,β-unsaturated/α-hetero) is 1. The van der Waals surface area contributed by atoms with Crippen LogP contribution >= 0.6 is 15.9 Å². The molecule has 0 aliphatic rings. The molecule has 15 heavy (non-hydrogen) atoms. The van der Waals surface area contributed by atoms with Crippen LogP contribution in [0.1, 0.15) is 18.9 Å². The van der Waals surface area contributed by atoms with Crippen molar-refractivity contribution in [3.8, 4) is 5.75 Å². The maximum atomic E-state index is 11.4. The first-order valence-electron chi connectivity index (χ1n) is 4.97. The average Bonchev–Trinajstić information content (AvgIpc) is 2.29. The van der Waals surface area contributed by atoms with Gasteiger partial charge in [0.2, 0.25) is 0 Å². The average molecular weight is 271 g/mol. The molecule has 0 radical (unpaired) electrons. The molecule has 1 rings (SSSR count). The Bertz CT molecular complexity index is 319. The van der Waals surface area contributed by atoms with Gasteiger partial charge in [-0.05, 0) is 24.1 Å². The molecule has 1 aromatic rings. The molecular formula is C12H15BrO2. The third-order valence-electron chi connectivity index (χ3n) is 2.27. The summed E-state index contributed by atoms with van der Waals surface area (Å²) in [6, 6.07) is 7.78. The van der Waals surface area contributed by atoms with Gasteiger partial charge >= 0.3 is 0 Å². The van der Waals surface area contributed by atoms with E-state index in [1.165, 1.54) is 0 Å². The van der Waals surface area contributed by atoms with Gasteiger partial charge in [0.05, 0.1) is 11.9 Å². The molecule has 0 amide bonds. The topological polar surface area (TPSA) is 26.3 Å². The number of halogens is 1. The Morgan fingerprint density at radius 2 is 2.00 bits per heavy atom. The molecule has 0 aliphatic heterocycles. The van der Waals surface area contributed by atoms with Crippen LogP contribution in [0.25, 0.3) is 0 Å². The van der Waals surface area contributed by atoms with Gasteiger partial charge in [-0.3, -0.25) is 4.79 Å². The highest BCUT2D eigenvalue weighted by Crippen LogP contribution is 2.16. The molecule has 0 N–H and O–H groups in total. The molecule has 0 heterocycles. The molecule has 82 valence electrons. The highest BCUT2D eigenvalue weighted by atomic mass is 79.9. The molecule has 0 aliphatic carbocycles. The molecule has 1 atom stereocenters. The monoisotopic (exact) mass is 270 g/mol. The van der Waals surface area contributed by atoms with Gasteiger partial charge in [-0.15, -0.1) is 0 Å². The predicted octanol–water partition coefficient (Wildman–Crippen LogP) is 2.98. The van der Waals surface area contributed by atoms with Gasteiger partial charge < -0.3 is 4.74 Å². The van der Waals surface area contributed by atoms with Gasteiger partial charge in [0.1, 0.15) is 11.5 Å². The van der Waals surface area contributed by atoms with Gasteiger partial charge in [0, 0.05) is 6.42 Å². The highest BCUT2D eigenvalue weighted by Gasteiger charge is 2.12. The van der Waals surface area contributed by atoms with Crippen molar-refractivity contribution in [1.29, 1.82) is 0 Å². The van der Waals surface area contributed by atoms with E-state index in [9.17, 15) is 4.79 Å². The highest BCUT2D eigenvalue weighted by molar-refractivity contribution is 9.10. The molecule has 1 unspecified atom stereocenters. The molecule has 1 aromatic carbocycles. The second-order valence-corrected chi connectivity index (χ2v) is 4.44. The third kappa shape index (κ3) is 3.67.